The van der Waals surface area contributed by atoms with Crippen LogP contribution in [0.15, 0.2) is 30.6 Å². The largest absolute Gasteiger partial charge is 0.299 e. The van der Waals surface area contributed by atoms with E-state index in [1.165, 1.54) is 4.90 Å². The lowest BCUT2D eigenvalue weighted by molar-refractivity contribution is -0.114. The first-order chi connectivity index (χ1) is 9.08. The number of hydrogen-bond donors (Lipinski definition) is 0. The number of rotatable bonds is 2. The average Bonchev–Trinajstić information content (AvgIpc) is 2.89. The Bertz CT molecular complexity index is 693. The summed E-state index contributed by atoms with van der Waals surface area (Å²) in [5.74, 6) is -1.06. The van der Waals surface area contributed by atoms with Gasteiger partial charge in [-0.1, -0.05) is 17.7 Å². The molecule has 0 bridgehead atoms. The van der Waals surface area contributed by atoms with E-state index in [4.69, 9.17) is 11.6 Å². The van der Waals surface area contributed by atoms with Crippen LogP contribution in [-0.2, 0) is 18.4 Å². The molecule has 0 atom stereocenters. The first-order valence-electron chi connectivity index (χ1n) is 5.70. The standard InChI is InChI=1S/C13H10ClN3O2/c1-16-6-8(5-15-16)7-17-11-9(12(18)13(17)19)3-2-4-10(11)14/h2-6H,7H2,1H3. The van der Waals surface area contributed by atoms with Crippen LogP contribution >= 0.6 is 11.6 Å². The summed E-state index contributed by atoms with van der Waals surface area (Å²) in [4.78, 5) is 25.3. The van der Waals surface area contributed by atoms with Crippen LogP contribution in [0, 0.1) is 0 Å². The van der Waals surface area contributed by atoms with Crippen LogP contribution in [0.3, 0.4) is 0 Å². The number of carbonyl (C=O) groups excluding carboxylic acids is 2. The molecule has 0 N–H and O–H groups in total. The summed E-state index contributed by atoms with van der Waals surface area (Å²) in [6, 6.07) is 4.95. The zero-order valence-electron chi connectivity index (χ0n) is 10.1. The number of nitrogens with zero attached hydrogens (tertiary/aromatic N) is 3. The lowest BCUT2D eigenvalue weighted by Crippen LogP contribution is -2.29. The van der Waals surface area contributed by atoms with Gasteiger partial charge in [0, 0.05) is 18.8 Å². The number of aromatic nitrogens is 2. The minimum Gasteiger partial charge on any atom is -0.299 e. The number of Topliss-reactive ketones (excluding diaryl/α,β-unsaturated/α-hetero) is 1. The molecule has 0 unspecified atom stereocenters. The quantitative estimate of drug-likeness (QED) is 0.786. The van der Waals surface area contributed by atoms with Gasteiger partial charge < -0.3 is 0 Å². The number of aryl methyl sites for hydroxylation is 1. The van der Waals surface area contributed by atoms with Crippen molar-refractivity contribution in [2.24, 2.45) is 7.05 Å². The Hall–Kier alpha value is -2.14. The number of halogens is 1. The second-order valence-corrected chi connectivity index (χ2v) is 4.79. The number of hydrogen-bond acceptors (Lipinski definition) is 3. The zero-order chi connectivity index (χ0) is 13.6. The normalized spacial score (nSPS) is 14.1. The lowest BCUT2D eigenvalue weighted by Gasteiger charge is -2.16. The molecular formula is C13H10ClN3O2. The fourth-order valence-electron chi connectivity index (χ4n) is 2.20. The van der Waals surface area contributed by atoms with E-state index < -0.39 is 11.7 Å². The SMILES string of the molecule is Cn1cc(CN2C(=O)C(=O)c3cccc(Cl)c32)cn1. The minimum absolute atomic E-state index is 0.287. The number of ketones is 1. The van der Waals surface area contributed by atoms with Crippen molar-refractivity contribution in [1.82, 2.24) is 9.78 Å². The van der Waals surface area contributed by atoms with Crippen LogP contribution in [0.25, 0.3) is 0 Å². The molecule has 96 valence electrons. The molecule has 1 aliphatic heterocycles. The highest BCUT2D eigenvalue weighted by molar-refractivity contribution is 6.54. The van der Waals surface area contributed by atoms with Crippen LogP contribution in [0.1, 0.15) is 15.9 Å². The summed E-state index contributed by atoms with van der Waals surface area (Å²) < 4.78 is 1.64. The molecule has 0 saturated carbocycles. The Morgan fingerprint density at radius 2 is 2.11 bits per heavy atom. The first kappa shape index (κ1) is 11.9. The first-order valence-corrected chi connectivity index (χ1v) is 6.08. The summed E-state index contributed by atoms with van der Waals surface area (Å²) in [6.07, 6.45) is 3.46. The summed E-state index contributed by atoms with van der Waals surface area (Å²) in [6.45, 7) is 0.287. The van der Waals surface area contributed by atoms with Gasteiger partial charge in [0.25, 0.3) is 11.7 Å². The molecule has 2 aromatic rings. The summed E-state index contributed by atoms with van der Waals surface area (Å²) in [5.41, 5.74) is 1.70. The van der Waals surface area contributed by atoms with Crippen molar-refractivity contribution in [3.05, 3.63) is 46.7 Å². The molecule has 1 amide bonds. The number of carbonyl (C=O) groups is 2. The maximum absolute atomic E-state index is 12.0. The van der Waals surface area contributed by atoms with Gasteiger partial charge in [-0.2, -0.15) is 5.10 Å². The molecule has 1 aromatic heterocycles. The lowest BCUT2D eigenvalue weighted by atomic mass is 10.1. The van der Waals surface area contributed by atoms with Crippen LogP contribution in [0.5, 0.6) is 0 Å². The van der Waals surface area contributed by atoms with E-state index >= 15 is 0 Å². The number of anilines is 1. The predicted molar refractivity (Wildman–Crippen MR) is 70.2 cm³/mol. The van der Waals surface area contributed by atoms with E-state index in [1.807, 2.05) is 0 Å². The van der Waals surface area contributed by atoms with Crippen LogP contribution in [-0.4, -0.2) is 21.5 Å². The molecule has 6 heteroatoms. The molecule has 3 rings (SSSR count). The van der Waals surface area contributed by atoms with E-state index in [0.717, 1.165) is 5.56 Å². The van der Waals surface area contributed by atoms with Crippen LogP contribution < -0.4 is 4.90 Å². The molecule has 0 spiro atoms. The zero-order valence-corrected chi connectivity index (χ0v) is 10.9. The van der Waals surface area contributed by atoms with Crippen molar-refractivity contribution < 1.29 is 9.59 Å². The number of benzene rings is 1. The van der Waals surface area contributed by atoms with E-state index in [1.54, 1.807) is 42.3 Å². The number of amides is 1. The highest BCUT2D eigenvalue weighted by Crippen LogP contribution is 2.36. The minimum atomic E-state index is -0.549. The van der Waals surface area contributed by atoms with E-state index in [-0.39, 0.29) is 6.54 Å². The Balaban J connectivity index is 2.04. The van der Waals surface area contributed by atoms with Gasteiger partial charge in [0.05, 0.1) is 29.0 Å². The molecule has 1 aliphatic rings. The molecule has 19 heavy (non-hydrogen) atoms. The number of para-hydroxylation sites is 1. The average molecular weight is 276 g/mol. The van der Waals surface area contributed by atoms with Gasteiger partial charge in [0.2, 0.25) is 0 Å². The Morgan fingerprint density at radius 3 is 2.79 bits per heavy atom. The molecule has 0 aliphatic carbocycles. The van der Waals surface area contributed by atoms with E-state index in [0.29, 0.717) is 16.3 Å². The number of fused-ring (bicyclic) bond motifs is 1. The summed E-state index contributed by atoms with van der Waals surface area (Å²) in [7, 11) is 1.79. The predicted octanol–water partition coefficient (Wildman–Crippen LogP) is 1.80. The van der Waals surface area contributed by atoms with Crippen molar-refractivity contribution in [2.45, 2.75) is 6.54 Å². The van der Waals surface area contributed by atoms with Gasteiger partial charge in [-0.3, -0.25) is 19.2 Å². The molecule has 0 radical (unpaired) electrons. The highest BCUT2D eigenvalue weighted by atomic mass is 35.5. The second kappa shape index (κ2) is 4.20. The molecule has 5 nitrogen and oxygen atoms in total. The molecule has 0 fully saturated rings. The summed E-state index contributed by atoms with van der Waals surface area (Å²) >= 11 is 6.10. The summed E-state index contributed by atoms with van der Waals surface area (Å²) in [5, 5.41) is 4.45. The maximum Gasteiger partial charge on any atom is 0.299 e. The van der Waals surface area contributed by atoms with Crippen molar-refractivity contribution >= 4 is 29.0 Å². The van der Waals surface area contributed by atoms with Crippen molar-refractivity contribution in [3.63, 3.8) is 0 Å². The van der Waals surface area contributed by atoms with Gasteiger partial charge in [-0.25, -0.2) is 0 Å². The monoisotopic (exact) mass is 275 g/mol. The third-order valence-electron chi connectivity index (χ3n) is 3.04. The van der Waals surface area contributed by atoms with Crippen molar-refractivity contribution in [1.29, 1.82) is 0 Å². The Labute approximate surface area is 114 Å². The fraction of sp³-hybridized carbons (Fsp3) is 0.154. The van der Waals surface area contributed by atoms with E-state index in [2.05, 4.69) is 5.10 Å². The van der Waals surface area contributed by atoms with Gasteiger partial charge in [0.15, 0.2) is 0 Å². The molecule has 1 aromatic carbocycles. The molecular weight excluding hydrogens is 266 g/mol. The Kier molecular flexibility index (Phi) is 2.64. The third kappa shape index (κ3) is 1.82. The smallest absolute Gasteiger partial charge is 0.299 e. The molecule has 0 saturated heterocycles. The maximum atomic E-state index is 12.0. The topological polar surface area (TPSA) is 55.2 Å². The van der Waals surface area contributed by atoms with E-state index in [9.17, 15) is 9.59 Å². The molecule has 2 heterocycles. The van der Waals surface area contributed by atoms with Gasteiger partial charge in [0.1, 0.15) is 0 Å². The van der Waals surface area contributed by atoms with Crippen LogP contribution in [0.2, 0.25) is 5.02 Å². The highest BCUT2D eigenvalue weighted by Gasteiger charge is 2.37. The van der Waals surface area contributed by atoms with Crippen LogP contribution in [0.4, 0.5) is 5.69 Å². The van der Waals surface area contributed by atoms with Crippen molar-refractivity contribution in [2.75, 3.05) is 4.90 Å². The third-order valence-corrected chi connectivity index (χ3v) is 3.34. The van der Waals surface area contributed by atoms with Gasteiger partial charge in [-0.05, 0) is 12.1 Å². The van der Waals surface area contributed by atoms with Crippen molar-refractivity contribution in [3.8, 4) is 0 Å². The fourth-order valence-corrected chi connectivity index (χ4v) is 2.48. The Morgan fingerprint density at radius 1 is 1.32 bits per heavy atom. The second-order valence-electron chi connectivity index (χ2n) is 4.38. The van der Waals surface area contributed by atoms with Gasteiger partial charge >= 0.3 is 0 Å². The van der Waals surface area contributed by atoms with Gasteiger partial charge in [-0.15, -0.1) is 0 Å².